The molecule has 1 aromatic carbocycles. The van der Waals surface area contributed by atoms with Gasteiger partial charge in [-0.05, 0) is 12.1 Å². The molecule has 0 saturated carbocycles. The summed E-state index contributed by atoms with van der Waals surface area (Å²) in [5, 5.41) is 9.11. The Hall–Kier alpha value is -2.30. The fourth-order valence-corrected chi connectivity index (χ4v) is 3.41. The van der Waals surface area contributed by atoms with Gasteiger partial charge >= 0.3 is 5.69 Å². The highest BCUT2D eigenvalue weighted by atomic mass is 35.5. The molecule has 9 nitrogen and oxygen atoms in total. The number of para-hydroxylation sites is 1. The van der Waals surface area contributed by atoms with Crippen LogP contribution in [0.5, 0.6) is 0 Å². The first kappa shape index (κ1) is 18.5. The van der Waals surface area contributed by atoms with E-state index >= 15 is 0 Å². The SMILES string of the molecule is O=C(CSc1n[nH]c(=O)[nH]c1=O)Nc1cccc(Cl)c1N1CCOCC1. The Morgan fingerprint density at radius 2 is 2.12 bits per heavy atom. The fourth-order valence-electron chi connectivity index (χ4n) is 2.48. The van der Waals surface area contributed by atoms with Gasteiger partial charge in [0.15, 0.2) is 5.03 Å². The summed E-state index contributed by atoms with van der Waals surface area (Å²) in [5.41, 5.74) is 0.00496. The van der Waals surface area contributed by atoms with Crippen molar-refractivity contribution in [2.45, 2.75) is 5.03 Å². The molecule has 0 unspecified atom stereocenters. The van der Waals surface area contributed by atoms with Gasteiger partial charge < -0.3 is 15.0 Å². The minimum absolute atomic E-state index is 0.0132. The van der Waals surface area contributed by atoms with Gasteiger partial charge in [0.25, 0.3) is 5.56 Å². The lowest BCUT2D eigenvalue weighted by Gasteiger charge is -2.31. The minimum atomic E-state index is -0.696. The predicted octanol–water partition coefficient (Wildman–Crippen LogP) is 0.679. The maximum absolute atomic E-state index is 12.3. The molecule has 0 aliphatic carbocycles. The number of thioether (sulfide) groups is 1. The average Bonchev–Trinajstić information content (AvgIpc) is 2.62. The van der Waals surface area contributed by atoms with Crippen molar-refractivity contribution in [1.29, 1.82) is 0 Å². The van der Waals surface area contributed by atoms with Crippen LogP contribution in [-0.4, -0.2) is 53.1 Å². The maximum Gasteiger partial charge on any atom is 0.342 e. The molecule has 0 bridgehead atoms. The third kappa shape index (κ3) is 4.45. The molecule has 1 aliphatic rings. The number of carbonyl (C=O) groups excluding carboxylic acids is 1. The van der Waals surface area contributed by atoms with E-state index < -0.39 is 11.2 Å². The molecule has 1 saturated heterocycles. The number of rotatable bonds is 5. The van der Waals surface area contributed by atoms with Crippen molar-refractivity contribution in [2.75, 3.05) is 42.3 Å². The van der Waals surface area contributed by atoms with Crippen LogP contribution in [0.1, 0.15) is 0 Å². The Bertz CT molecular complexity index is 909. The summed E-state index contributed by atoms with van der Waals surface area (Å²) < 4.78 is 5.35. The van der Waals surface area contributed by atoms with E-state index in [-0.39, 0.29) is 16.7 Å². The van der Waals surface area contributed by atoms with Crippen LogP contribution in [0.2, 0.25) is 5.02 Å². The lowest BCUT2D eigenvalue weighted by Crippen LogP contribution is -2.37. The number of hydrogen-bond donors (Lipinski definition) is 3. The zero-order chi connectivity index (χ0) is 18.5. The molecule has 1 fully saturated rings. The monoisotopic (exact) mass is 397 g/mol. The molecule has 11 heteroatoms. The van der Waals surface area contributed by atoms with Crippen molar-refractivity contribution < 1.29 is 9.53 Å². The molecule has 1 aromatic heterocycles. The molecule has 0 radical (unpaired) electrons. The third-order valence-electron chi connectivity index (χ3n) is 3.61. The van der Waals surface area contributed by atoms with E-state index in [2.05, 4.69) is 25.4 Å². The summed E-state index contributed by atoms with van der Waals surface area (Å²) >= 11 is 7.25. The Labute approximate surface area is 157 Å². The molecule has 26 heavy (non-hydrogen) atoms. The number of nitrogens with zero attached hydrogens (tertiary/aromatic N) is 2. The molecule has 3 rings (SSSR count). The molecule has 138 valence electrons. The van der Waals surface area contributed by atoms with E-state index in [9.17, 15) is 14.4 Å². The number of benzene rings is 1. The first-order valence-electron chi connectivity index (χ1n) is 7.77. The number of aromatic nitrogens is 3. The number of nitrogens with one attached hydrogen (secondary N) is 3. The van der Waals surface area contributed by atoms with Crippen molar-refractivity contribution >= 4 is 40.6 Å². The Morgan fingerprint density at radius 3 is 2.85 bits per heavy atom. The molecular weight excluding hydrogens is 382 g/mol. The number of aromatic amines is 2. The second-order valence-electron chi connectivity index (χ2n) is 5.38. The highest BCUT2D eigenvalue weighted by Crippen LogP contribution is 2.34. The normalized spacial score (nSPS) is 14.3. The van der Waals surface area contributed by atoms with Crippen LogP contribution in [0.4, 0.5) is 11.4 Å². The van der Waals surface area contributed by atoms with Gasteiger partial charge in [0.1, 0.15) is 0 Å². The standard InChI is InChI=1S/C15H16ClN5O4S/c16-9-2-1-3-10(12(9)21-4-6-25-7-5-21)17-11(22)8-26-14-13(23)18-15(24)20-19-14/h1-3H,4-8H2,(H,17,22)(H2,18,20,23,24). The van der Waals surface area contributed by atoms with Crippen LogP contribution in [0.3, 0.4) is 0 Å². The highest BCUT2D eigenvalue weighted by Gasteiger charge is 2.19. The topological polar surface area (TPSA) is 120 Å². The fraction of sp³-hybridized carbons (Fsp3) is 0.333. The predicted molar refractivity (Wildman–Crippen MR) is 99.3 cm³/mol. The van der Waals surface area contributed by atoms with Gasteiger partial charge in [0.2, 0.25) is 5.91 Å². The van der Waals surface area contributed by atoms with Crippen LogP contribution in [0, 0.1) is 0 Å². The number of halogens is 1. The van der Waals surface area contributed by atoms with E-state index in [0.717, 1.165) is 17.4 Å². The molecule has 1 aliphatic heterocycles. The van der Waals surface area contributed by atoms with E-state index in [1.165, 1.54) is 0 Å². The minimum Gasteiger partial charge on any atom is -0.378 e. The van der Waals surface area contributed by atoms with Gasteiger partial charge in [-0.25, -0.2) is 9.89 Å². The Kier molecular flexibility index (Phi) is 5.96. The van der Waals surface area contributed by atoms with Crippen molar-refractivity contribution in [3.63, 3.8) is 0 Å². The number of carbonyl (C=O) groups is 1. The molecule has 3 N–H and O–H groups in total. The highest BCUT2D eigenvalue weighted by molar-refractivity contribution is 7.99. The number of amides is 1. The zero-order valence-corrected chi connectivity index (χ0v) is 15.2. The van der Waals surface area contributed by atoms with Gasteiger partial charge in [-0.1, -0.05) is 29.4 Å². The summed E-state index contributed by atoms with van der Waals surface area (Å²) in [4.78, 5) is 38.9. The van der Waals surface area contributed by atoms with E-state index in [1.54, 1.807) is 18.2 Å². The summed E-state index contributed by atoms with van der Waals surface area (Å²) in [6.45, 7) is 2.54. The van der Waals surface area contributed by atoms with E-state index in [4.69, 9.17) is 16.3 Å². The summed E-state index contributed by atoms with van der Waals surface area (Å²) in [6.07, 6.45) is 0. The van der Waals surface area contributed by atoms with Crippen LogP contribution >= 0.6 is 23.4 Å². The first-order chi connectivity index (χ1) is 12.5. The van der Waals surface area contributed by atoms with Crippen LogP contribution in [0.15, 0.2) is 32.8 Å². The molecule has 0 atom stereocenters. The number of morpholine rings is 1. The second-order valence-corrected chi connectivity index (χ2v) is 6.76. The van der Waals surface area contributed by atoms with Gasteiger partial charge in [0.05, 0.1) is 35.4 Å². The number of H-pyrrole nitrogens is 2. The Morgan fingerprint density at radius 1 is 1.35 bits per heavy atom. The van der Waals surface area contributed by atoms with E-state index in [0.29, 0.717) is 37.0 Å². The summed E-state index contributed by atoms with van der Waals surface area (Å²) in [7, 11) is 0. The lowest BCUT2D eigenvalue weighted by molar-refractivity contribution is -0.113. The van der Waals surface area contributed by atoms with Gasteiger partial charge in [-0.3, -0.25) is 14.6 Å². The molecule has 0 spiro atoms. The molecule has 2 heterocycles. The van der Waals surface area contributed by atoms with Crippen LogP contribution in [-0.2, 0) is 9.53 Å². The van der Waals surface area contributed by atoms with Crippen LogP contribution < -0.4 is 21.5 Å². The summed E-state index contributed by atoms with van der Waals surface area (Å²) in [5.74, 6) is -0.365. The lowest BCUT2D eigenvalue weighted by atomic mass is 10.2. The zero-order valence-electron chi connectivity index (χ0n) is 13.6. The molecule has 2 aromatic rings. The second kappa shape index (κ2) is 8.39. The Balaban J connectivity index is 1.70. The van der Waals surface area contributed by atoms with Gasteiger partial charge in [-0.15, -0.1) is 0 Å². The number of hydrogen-bond acceptors (Lipinski definition) is 7. The van der Waals surface area contributed by atoms with Crippen molar-refractivity contribution in [1.82, 2.24) is 15.2 Å². The third-order valence-corrected chi connectivity index (χ3v) is 4.87. The smallest absolute Gasteiger partial charge is 0.342 e. The largest absolute Gasteiger partial charge is 0.378 e. The van der Waals surface area contributed by atoms with Gasteiger partial charge in [0, 0.05) is 13.1 Å². The summed E-state index contributed by atoms with van der Waals surface area (Å²) in [6, 6.07) is 5.29. The van der Waals surface area contributed by atoms with Gasteiger partial charge in [-0.2, -0.15) is 5.10 Å². The number of ether oxygens (including phenoxy) is 1. The average molecular weight is 398 g/mol. The van der Waals surface area contributed by atoms with Crippen molar-refractivity contribution in [3.8, 4) is 0 Å². The maximum atomic E-state index is 12.3. The first-order valence-corrected chi connectivity index (χ1v) is 9.14. The molecule has 1 amide bonds. The van der Waals surface area contributed by atoms with Crippen LogP contribution in [0.25, 0.3) is 0 Å². The van der Waals surface area contributed by atoms with Crippen molar-refractivity contribution in [3.05, 3.63) is 44.1 Å². The number of anilines is 2. The molecular formula is C15H16ClN5O4S. The van der Waals surface area contributed by atoms with E-state index in [1.807, 2.05) is 0 Å². The van der Waals surface area contributed by atoms with Crippen molar-refractivity contribution in [2.24, 2.45) is 0 Å². The quantitative estimate of drug-likeness (QED) is 0.634.